The van der Waals surface area contributed by atoms with Crippen LogP contribution in [-0.4, -0.2) is 52.5 Å². The molecule has 0 aliphatic heterocycles. The van der Waals surface area contributed by atoms with Gasteiger partial charge >= 0.3 is 0 Å². The molecule has 1 aromatic carbocycles. The Bertz CT molecular complexity index is 617. The second-order valence-corrected chi connectivity index (χ2v) is 7.32. The maximum absolute atomic E-state index is 12.1. The zero-order chi connectivity index (χ0) is 16.2. The number of sulfonamides is 1. The zero-order valence-corrected chi connectivity index (χ0v) is 14.0. The highest BCUT2D eigenvalue weighted by molar-refractivity contribution is 7.89. The summed E-state index contributed by atoms with van der Waals surface area (Å²) in [5, 5.41) is 2.88. The van der Waals surface area contributed by atoms with Crippen LogP contribution in [-0.2, 0) is 14.8 Å². The quantitative estimate of drug-likeness (QED) is 0.852. The first-order valence-electron chi connectivity index (χ1n) is 6.22. The van der Waals surface area contributed by atoms with E-state index in [1.165, 1.54) is 39.4 Å². The van der Waals surface area contributed by atoms with E-state index in [2.05, 4.69) is 5.32 Å². The van der Waals surface area contributed by atoms with Gasteiger partial charge in [0.05, 0.1) is 22.1 Å². The maximum atomic E-state index is 12.1. The van der Waals surface area contributed by atoms with Crippen LogP contribution in [0, 0.1) is 0 Å². The van der Waals surface area contributed by atoms with Gasteiger partial charge in [0, 0.05) is 27.2 Å². The van der Waals surface area contributed by atoms with Crippen LogP contribution in [0.4, 0.5) is 0 Å². The molecule has 0 saturated carbocycles. The Labute approximate surface area is 130 Å². The van der Waals surface area contributed by atoms with Gasteiger partial charge in [0.2, 0.25) is 10.0 Å². The first-order chi connectivity index (χ1) is 9.70. The Morgan fingerprint density at radius 2 is 2.05 bits per heavy atom. The number of hydrogen-bond donors (Lipinski definition) is 1. The number of methoxy groups -OCH3 is 1. The Kier molecular flexibility index (Phi) is 6.15. The van der Waals surface area contributed by atoms with Gasteiger partial charge in [0.15, 0.2) is 0 Å². The molecule has 0 radical (unpaired) electrons. The van der Waals surface area contributed by atoms with Crippen molar-refractivity contribution in [1.82, 2.24) is 9.62 Å². The van der Waals surface area contributed by atoms with E-state index in [1.54, 1.807) is 6.92 Å². The summed E-state index contributed by atoms with van der Waals surface area (Å²) in [6, 6.07) is 3.82. The molecule has 1 rings (SSSR count). The Balaban J connectivity index is 3.11. The lowest BCUT2D eigenvalue weighted by molar-refractivity contribution is 0.0905. The predicted molar refractivity (Wildman–Crippen MR) is 81.1 cm³/mol. The molecule has 1 N–H and O–H groups in total. The van der Waals surface area contributed by atoms with Crippen LogP contribution in [0.25, 0.3) is 0 Å². The second-order valence-electron chi connectivity index (χ2n) is 4.76. The first-order valence-corrected chi connectivity index (χ1v) is 8.03. The fraction of sp³-hybridized carbons (Fsp3) is 0.462. The van der Waals surface area contributed by atoms with Crippen molar-refractivity contribution in [3.8, 4) is 0 Å². The molecule has 0 spiro atoms. The third-order valence-electron chi connectivity index (χ3n) is 2.76. The van der Waals surface area contributed by atoms with Crippen molar-refractivity contribution in [2.24, 2.45) is 0 Å². The van der Waals surface area contributed by atoms with Crippen LogP contribution in [0.5, 0.6) is 0 Å². The third kappa shape index (κ3) is 4.41. The van der Waals surface area contributed by atoms with Gasteiger partial charge in [-0.2, -0.15) is 0 Å². The summed E-state index contributed by atoms with van der Waals surface area (Å²) >= 11 is 5.98. The number of benzene rings is 1. The minimum Gasteiger partial charge on any atom is -0.383 e. The lowest BCUT2D eigenvalue weighted by Crippen LogP contribution is -2.35. The number of carbonyl (C=O) groups is 1. The lowest BCUT2D eigenvalue weighted by Gasteiger charge is -2.15. The topological polar surface area (TPSA) is 75.7 Å². The molecule has 0 unspecified atom stereocenters. The molecule has 8 heteroatoms. The zero-order valence-electron chi connectivity index (χ0n) is 12.4. The van der Waals surface area contributed by atoms with E-state index < -0.39 is 15.9 Å². The van der Waals surface area contributed by atoms with Crippen LogP contribution in [0.1, 0.15) is 17.3 Å². The molecule has 0 aliphatic rings. The number of halogens is 1. The van der Waals surface area contributed by atoms with Crippen LogP contribution in [0.2, 0.25) is 5.02 Å². The van der Waals surface area contributed by atoms with E-state index in [1.807, 2.05) is 0 Å². The van der Waals surface area contributed by atoms with Gasteiger partial charge in [-0.05, 0) is 25.1 Å². The van der Waals surface area contributed by atoms with Crippen LogP contribution in [0.15, 0.2) is 23.1 Å². The summed E-state index contributed by atoms with van der Waals surface area (Å²) in [6.07, 6.45) is 0. The normalized spacial score (nSPS) is 13.2. The van der Waals surface area contributed by atoms with Crippen molar-refractivity contribution in [2.45, 2.75) is 17.9 Å². The molecular weight excluding hydrogens is 316 g/mol. The third-order valence-corrected chi connectivity index (χ3v) is 4.90. The number of rotatable bonds is 6. The predicted octanol–water partition coefficient (Wildman–Crippen LogP) is 1.36. The molecule has 0 saturated heterocycles. The summed E-state index contributed by atoms with van der Waals surface area (Å²) in [5.41, 5.74) is 0.113. The molecule has 1 aromatic rings. The molecule has 118 valence electrons. The van der Waals surface area contributed by atoms with Gasteiger partial charge < -0.3 is 10.1 Å². The van der Waals surface area contributed by atoms with E-state index >= 15 is 0 Å². The smallest absolute Gasteiger partial charge is 0.253 e. The number of carbonyl (C=O) groups excluding carboxylic acids is 1. The van der Waals surface area contributed by atoms with Crippen molar-refractivity contribution < 1.29 is 17.9 Å². The molecule has 0 aliphatic carbocycles. The fourth-order valence-corrected chi connectivity index (χ4v) is 2.77. The SMILES string of the molecule is COC[C@@H](C)NC(=O)c1cc(S(=O)(=O)N(C)C)ccc1Cl. The first kappa shape index (κ1) is 17.9. The summed E-state index contributed by atoms with van der Waals surface area (Å²) < 4.78 is 30.2. The average molecular weight is 335 g/mol. The number of nitrogens with zero attached hydrogens (tertiary/aromatic N) is 1. The minimum absolute atomic E-state index is 0.0152. The van der Waals surface area contributed by atoms with Gasteiger partial charge in [-0.15, -0.1) is 0 Å². The van der Waals surface area contributed by atoms with Gasteiger partial charge in [-0.25, -0.2) is 12.7 Å². The highest BCUT2D eigenvalue weighted by Gasteiger charge is 2.21. The Morgan fingerprint density at radius 3 is 2.57 bits per heavy atom. The number of nitrogens with one attached hydrogen (secondary N) is 1. The van der Waals surface area contributed by atoms with Gasteiger partial charge in [0.1, 0.15) is 0 Å². The van der Waals surface area contributed by atoms with E-state index in [0.29, 0.717) is 6.61 Å². The molecule has 1 amide bonds. The number of amides is 1. The van der Waals surface area contributed by atoms with Gasteiger partial charge in [-0.1, -0.05) is 11.6 Å². The van der Waals surface area contributed by atoms with Crippen molar-refractivity contribution in [2.75, 3.05) is 27.8 Å². The van der Waals surface area contributed by atoms with Crippen molar-refractivity contribution in [1.29, 1.82) is 0 Å². The van der Waals surface area contributed by atoms with Crippen LogP contribution < -0.4 is 5.32 Å². The lowest BCUT2D eigenvalue weighted by atomic mass is 10.2. The van der Waals surface area contributed by atoms with Gasteiger partial charge in [-0.3, -0.25) is 4.79 Å². The van der Waals surface area contributed by atoms with E-state index in [4.69, 9.17) is 16.3 Å². The fourth-order valence-electron chi connectivity index (χ4n) is 1.64. The molecular formula is C13H19ClN2O4S. The molecule has 0 aromatic heterocycles. The van der Waals surface area contributed by atoms with E-state index in [0.717, 1.165) is 4.31 Å². The maximum Gasteiger partial charge on any atom is 0.253 e. The largest absolute Gasteiger partial charge is 0.383 e. The highest BCUT2D eigenvalue weighted by atomic mass is 35.5. The number of hydrogen-bond acceptors (Lipinski definition) is 4. The number of ether oxygens (including phenoxy) is 1. The molecule has 0 heterocycles. The summed E-state index contributed by atoms with van der Waals surface area (Å²) in [4.78, 5) is 12.2. The second kappa shape index (κ2) is 7.22. The Hall–Kier alpha value is -1.15. The standard InChI is InChI=1S/C13H19ClN2O4S/c1-9(8-20-4)15-13(17)11-7-10(5-6-12(11)14)21(18,19)16(2)3/h5-7,9H,8H2,1-4H3,(H,15,17)/t9-/m1/s1. The molecule has 0 fully saturated rings. The van der Waals surface area contributed by atoms with Gasteiger partial charge in [0.25, 0.3) is 5.91 Å². The van der Waals surface area contributed by atoms with Crippen molar-refractivity contribution >= 4 is 27.5 Å². The molecule has 1 atom stereocenters. The average Bonchev–Trinajstić information content (AvgIpc) is 2.38. The van der Waals surface area contributed by atoms with E-state index in [-0.39, 0.29) is 21.5 Å². The van der Waals surface area contributed by atoms with Crippen molar-refractivity contribution in [3.63, 3.8) is 0 Å². The van der Waals surface area contributed by atoms with Crippen molar-refractivity contribution in [3.05, 3.63) is 28.8 Å². The highest BCUT2D eigenvalue weighted by Crippen LogP contribution is 2.22. The molecule has 21 heavy (non-hydrogen) atoms. The minimum atomic E-state index is -3.62. The Morgan fingerprint density at radius 1 is 1.43 bits per heavy atom. The molecule has 6 nitrogen and oxygen atoms in total. The molecule has 0 bridgehead atoms. The summed E-state index contributed by atoms with van der Waals surface area (Å²) in [7, 11) is 0.751. The van der Waals surface area contributed by atoms with Crippen LogP contribution in [0.3, 0.4) is 0 Å². The van der Waals surface area contributed by atoms with E-state index in [9.17, 15) is 13.2 Å². The summed E-state index contributed by atoms with van der Waals surface area (Å²) in [6.45, 7) is 2.12. The summed E-state index contributed by atoms with van der Waals surface area (Å²) in [5.74, 6) is -0.444. The van der Waals surface area contributed by atoms with Crippen LogP contribution >= 0.6 is 11.6 Å². The monoisotopic (exact) mass is 334 g/mol.